The van der Waals surface area contributed by atoms with Crippen molar-refractivity contribution in [3.63, 3.8) is 0 Å². The molecule has 1 fully saturated rings. The molecule has 2 aromatic rings. The van der Waals surface area contributed by atoms with Gasteiger partial charge in [-0.3, -0.25) is 14.4 Å². The van der Waals surface area contributed by atoms with Crippen LogP contribution >= 0.6 is 11.6 Å². The van der Waals surface area contributed by atoms with Gasteiger partial charge >= 0.3 is 0 Å². The molecule has 0 bridgehead atoms. The first-order valence-electron chi connectivity index (χ1n) is 10.9. The molecular formula is C24H29ClN4O3. The molecule has 1 aromatic carbocycles. The highest BCUT2D eigenvalue weighted by atomic mass is 35.5. The summed E-state index contributed by atoms with van der Waals surface area (Å²) in [5, 5.41) is 16.4. The molecule has 1 aliphatic rings. The van der Waals surface area contributed by atoms with E-state index < -0.39 is 23.9 Å². The number of aromatic nitrogens is 1. The van der Waals surface area contributed by atoms with Crippen LogP contribution in [0.1, 0.15) is 63.4 Å². The van der Waals surface area contributed by atoms with E-state index in [2.05, 4.69) is 21.7 Å². The van der Waals surface area contributed by atoms with Crippen LogP contribution in [0, 0.1) is 22.7 Å². The molecule has 0 radical (unpaired) electrons. The number of ketones is 1. The van der Waals surface area contributed by atoms with Crippen molar-refractivity contribution in [2.45, 2.75) is 65.0 Å². The van der Waals surface area contributed by atoms with E-state index >= 15 is 0 Å². The number of rotatable bonds is 7. The van der Waals surface area contributed by atoms with Gasteiger partial charge in [0.25, 0.3) is 5.91 Å². The molecule has 7 nitrogen and oxygen atoms in total. The van der Waals surface area contributed by atoms with Gasteiger partial charge in [0.2, 0.25) is 5.91 Å². The van der Waals surface area contributed by atoms with E-state index in [0.29, 0.717) is 35.5 Å². The number of aromatic amines is 1. The number of amides is 2. The minimum absolute atomic E-state index is 0.150. The molecule has 0 saturated heterocycles. The second-order valence-corrected chi connectivity index (χ2v) is 10.1. The molecular weight excluding hydrogens is 428 g/mol. The van der Waals surface area contributed by atoms with Gasteiger partial charge in [0.15, 0.2) is 0 Å². The van der Waals surface area contributed by atoms with Crippen molar-refractivity contribution in [3.05, 3.63) is 35.0 Å². The van der Waals surface area contributed by atoms with Crippen LogP contribution in [0.4, 0.5) is 0 Å². The Morgan fingerprint density at radius 1 is 1.31 bits per heavy atom. The third kappa shape index (κ3) is 5.89. The van der Waals surface area contributed by atoms with Crippen LogP contribution in [0.3, 0.4) is 0 Å². The Morgan fingerprint density at radius 2 is 2.06 bits per heavy atom. The lowest BCUT2D eigenvalue weighted by molar-refractivity contribution is -0.125. The number of hydrogen-bond acceptors (Lipinski definition) is 4. The lowest BCUT2D eigenvalue weighted by atomic mass is 9.87. The fourth-order valence-corrected chi connectivity index (χ4v) is 4.37. The van der Waals surface area contributed by atoms with E-state index in [-0.39, 0.29) is 17.1 Å². The summed E-state index contributed by atoms with van der Waals surface area (Å²) >= 11 is 6.19. The van der Waals surface area contributed by atoms with Crippen LogP contribution in [0.25, 0.3) is 10.9 Å². The second-order valence-electron chi connectivity index (χ2n) is 9.66. The van der Waals surface area contributed by atoms with E-state index in [4.69, 9.17) is 11.6 Å². The Kier molecular flexibility index (Phi) is 7.25. The van der Waals surface area contributed by atoms with Crippen molar-refractivity contribution in [2.24, 2.45) is 11.3 Å². The average molecular weight is 457 g/mol. The standard InChI is InChI=1S/C24H29ClN4O3/c1-24(2,3)12-19(23(32)27-16(13-26)10-14-6-5-9-20(14)30)29-22(31)18-11-15-7-4-8-17(25)21(15)28-18/h4,7-8,11,14,16,19,28H,5-6,9-10,12H2,1-3H3,(H,27,32)(H,29,31). The van der Waals surface area contributed by atoms with Crippen molar-refractivity contribution in [1.29, 1.82) is 5.26 Å². The third-order valence-electron chi connectivity index (χ3n) is 5.71. The zero-order valence-corrected chi connectivity index (χ0v) is 19.4. The number of nitrogens with one attached hydrogen (secondary N) is 3. The van der Waals surface area contributed by atoms with Gasteiger partial charge in [-0.2, -0.15) is 5.26 Å². The summed E-state index contributed by atoms with van der Waals surface area (Å²) in [6.45, 7) is 5.92. The van der Waals surface area contributed by atoms with E-state index in [9.17, 15) is 19.6 Å². The lowest BCUT2D eigenvalue weighted by Gasteiger charge is -2.27. The predicted octanol–water partition coefficient (Wildman–Crippen LogP) is 4.12. The number of carbonyl (C=O) groups is 3. The van der Waals surface area contributed by atoms with Crippen molar-refractivity contribution >= 4 is 40.1 Å². The van der Waals surface area contributed by atoms with E-state index in [0.717, 1.165) is 18.2 Å². The van der Waals surface area contributed by atoms with Gasteiger partial charge in [-0.15, -0.1) is 0 Å². The van der Waals surface area contributed by atoms with Crippen LogP contribution < -0.4 is 10.6 Å². The van der Waals surface area contributed by atoms with Gasteiger partial charge in [-0.05, 0) is 43.2 Å². The van der Waals surface area contributed by atoms with Crippen molar-refractivity contribution in [1.82, 2.24) is 15.6 Å². The van der Waals surface area contributed by atoms with E-state index in [1.807, 2.05) is 26.8 Å². The number of H-pyrrole nitrogens is 1. The number of nitriles is 1. The van der Waals surface area contributed by atoms with E-state index in [1.165, 1.54) is 0 Å². The minimum atomic E-state index is -0.834. The molecule has 3 atom stereocenters. The Balaban J connectivity index is 1.73. The normalized spacial score (nSPS) is 18.2. The number of para-hydroxylation sites is 1. The van der Waals surface area contributed by atoms with Crippen LogP contribution in [-0.4, -0.2) is 34.7 Å². The third-order valence-corrected chi connectivity index (χ3v) is 6.03. The topological polar surface area (TPSA) is 115 Å². The summed E-state index contributed by atoms with van der Waals surface area (Å²) in [5.74, 6) is -0.899. The summed E-state index contributed by atoms with van der Waals surface area (Å²) in [6, 6.07) is 7.54. The number of nitrogens with zero attached hydrogens (tertiary/aromatic N) is 1. The number of benzene rings is 1. The Labute approximate surface area is 192 Å². The smallest absolute Gasteiger partial charge is 0.268 e. The van der Waals surface area contributed by atoms with Gasteiger partial charge in [-0.1, -0.05) is 44.5 Å². The number of hydrogen-bond donors (Lipinski definition) is 3. The molecule has 2 amide bonds. The summed E-state index contributed by atoms with van der Waals surface area (Å²) < 4.78 is 0. The SMILES string of the molecule is CC(C)(C)CC(NC(=O)c1cc2cccc(Cl)c2[nH]1)C(=O)NC(C#N)CC1CCCC1=O. The van der Waals surface area contributed by atoms with Crippen LogP contribution in [-0.2, 0) is 9.59 Å². The highest BCUT2D eigenvalue weighted by Crippen LogP contribution is 2.26. The van der Waals surface area contributed by atoms with Crippen molar-refractivity contribution in [2.75, 3.05) is 0 Å². The lowest BCUT2D eigenvalue weighted by Crippen LogP contribution is -2.51. The van der Waals surface area contributed by atoms with Crippen molar-refractivity contribution < 1.29 is 14.4 Å². The van der Waals surface area contributed by atoms with Crippen LogP contribution in [0.2, 0.25) is 5.02 Å². The Morgan fingerprint density at radius 3 is 2.66 bits per heavy atom. The maximum absolute atomic E-state index is 13.0. The van der Waals surface area contributed by atoms with Crippen LogP contribution in [0.15, 0.2) is 24.3 Å². The largest absolute Gasteiger partial charge is 0.349 e. The molecule has 32 heavy (non-hydrogen) atoms. The zero-order valence-electron chi connectivity index (χ0n) is 18.6. The molecule has 0 spiro atoms. The summed E-state index contributed by atoms with van der Waals surface area (Å²) in [5.41, 5.74) is 0.706. The summed E-state index contributed by atoms with van der Waals surface area (Å²) in [4.78, 5) is 40.9. The molecule has 3 rings (SSSR count). The molecule has 170 valence electrons. The maximum Gasteiger partial charge on any atom is 0.268 e. The predicted molar refractivity (Wildman–Crippen MR) is 123 cm³/mol. The minimum Gasteiger partial charge on any atom is -0.349 e. The molecule has 3 unspecified atom stereocenters. The fourth-order valence-electron chi connectivity index (χ4n) is 4.14. The van der Waals surface area contributed by atoms with Gasteiger partial charge in [0.1, 0.15) is 23.6 Å². The first-order chi connectivity index (χ1) is 15.1. The molecule has 0 aliphatic heterocycles. The van der Waals surface area contributed by atoms with Gasteiger partial charge in [0.05, 0.1) is 16.6 Å². The zero-order chi connectivity index (χ0) is 23.5. The number of Topliss-reactive ketones (excluding diaryl/α,β-unsaturated/α-hetero) is 1. The van der Waals surface area contributed by atoms with Gasteiger partial charge < -0.3 is 15.6 Å². The quantitative estimate of drug-likeness (QED) is 0.581. The van der Waals surface area contributed by atoms with E-state index in [1.54, 1.807) is 18.2 Å². The second kappa shape index (κ2) is 9.74. The molecule has 1 saturated carbocycles. The number of fused-ring (bicyclic) bond motifs is 1. The average Bonchev–Trinajstić information content (AvgIpc) is 3.33. The van der Waals surface area contributed by atoms with Crippen molar-refractivity contribution in [3.8, 4) is 6.07 Å². The molecule has 8 heteroatoms. The first kappa shape index (κ1) is 23.8. The summed E-state index contributed by atoms with van der Waals surface area (Å²) in [6.07, 6.45) is 2.79. The summed E-state index contributed by atoms with van der Waals surface area (Å²) in [7, 11) is 0. The monoisotopic (exact) mass is 456 g/mol. The highest BCUT2D eigenvalue weighted by molar-refractivity contribution is 6.35. The highest BCUT2D eigenvalue weighted by Gasteiger charge is 2.31. The number of carbonyl (C=O) groups excluding carboxylic acids is 3. The number of halogens is 1. The molecule has 1 aliphatic carbocycles. The fraction of sp³-hybridized carbons (Fsp3) is 0.500. The van der Waals surface area contributed by atoms with Gasteiger partial charge in [0, 0.05) is 17.7 Å². The molecule has 1 aromatic heterocycles. The van der Waals surface area contributed by atoms with Crippen LogP contribution in [0.5, 0.6) is 0 Å². The van der Waals surface area contributed by atoms with Gasteiger partial charge in [-0.25, -0.2) is 0 Å². The first-order valence-corrected chi connectivity index (χ1v) is 11.3. The molecule has 3 N–H and O–H groups in total. The molecule has 1 heterocycles. The Hall–Kier alpha value is -2.85. The maximum atomic E-state index is 13.0. The Bertz CT molecular complexity index is 1060.